The van der Waals surface area contributed by atoms with Crippen LogP contribution in [0.1, 0.15) is 10.4 Å². The first-order valence-electron chi connectivity index (χ1n) is 3.89. The van der Waals surface area contributed by atoms with Crippen molar-refractivity contribution >= 4 is 22.7 Å². The number of fused-ring (bicyclic) bond motifs is 1. The minimum Gasteiger partial charge on any atom is -0.475 e. The van der Waals surface area contributed by atoms with Crippen molar-refractivity contribution < 1.29 is 14.7 Å². The average Bonchev–Trinajstić information content (AvgIpc) is 2.62. The fourth-order valence-corrected chi connectivity index (χ4v) is 1.20. The molecule has 5 heteroatoms. The van der Waals surface area contributed by atoms with Crippen LogP contribution in [0.15, 0.2) is 24.4 Å². The molecule has 1 heterocycles. The van der Waals surface area contributed by atoms with Crippen molar-refractivity contribution in [3.05, 3.63) is 30.0 Å². The molecule has 0 saturated heterocycles. The molecule has 0 spiro atoms. The van der Waals surface area contributed by atoms with Crippen LogP contribution in [0.5, 0.6) is 0 Å². The Balaban J connectivity index is 2.54. The van der Waals surface area contributed by atoms with Gasteiger partial charge in [-0.1, -0.05) is 6.07 Å². The van der Waals surface area contributed by atoms with E-state index in [1.807, 2.05) is 0 Å². The zero-order valence-electron chi connectivity index (χ0n) is 7.02. The highest BCUT2D eigenvalue weighted by molar-refractivity contribution is 6.40. The first-order chi connectivity index (χ1) is 6.68. The van der Waals surface area contributed by atoms with E-state index in [9.17, 15) is 9.59 Å². The third kappa shape index (κ3) is 1.24. The average molecular weight is 190 g/mol. The molecule has 5 nitrogen and oxygen atoms in total. The van der Waals surface area contributed by atoms with Crippen molar-refractivity contribution in [2.45, 2.75) is 0 Å². The van der Waals surface area contributed by atoms with Gasteiger partial charge in [0.1, 0.15) is 0 Å². The molecule has 1 aromatic heterocycles. The number of carboxylic acids is 1. The summed E-state index contributed by atoms with van der Waals surface area (Å²) >= 11 is 0. The van der Waals surface area contributed by atoms with Crippen molar-refractivity contribution in [3.8, 4) is 0 Å². The van der Waals surface area contributed by atoms with Gasteiger partial charge in [-0.2, -0.15) is 5.10 Å². The lowest BCUT2D eigenvalue weighted by Crippen LogP contribution is -2.12. The Bertz CT molecular complexity index is 516. The number of carbonyl (C=O) groups is 2. The van der Waals surface area contributed by atoms with Gasteiger partial charge in [0.15, 0.2) is 0 Å². The molecule has 2 rings (SSSR count). The number of H-pyrrole nitrogens is 1. The van der Waals surface area contributed by atoms with E-state index < -0.39 is 11.8 Å². The summed E-state index contributed by atoms with van der Waals surface area (Å²) in [5, 5.41) is 15.7. The van der Waals surface area contributed by atoms with Crippen LogP contribution >= 0.6 is 0 Å². The summed E-state index contributed by atoms with van der Waals surface area (Å²) in [6.45, 7) is 0. The quantitative estimate of drug-likeness (QED) is 0.542. The van der Waals surface area contributed by atoms with Gasteiger partial charge in [-0.05, 0) is 12.1 Å². The molecule has 1 aromatic carbocycles. The van der Waals surface area contributed by atoms with Crippen LogP contribution in [-0.4, -0.2) is 27.1 Å². The molecule has 0 aliphatic rings. The Kier molecular flexibility index (Phi) is 1.78. The van der Waals surface area contributed by atoms with Gasteiger partial charge in [-0.3, -0.25) is 9.89 Å². The Labute approximate surface area is 78.4 Å². The second-order valence-electron chi connectivity index (χ2n) is 2.81. The summed E-state index contributed by atoms with van der Waals surface area (Å²) in [6.07, 6.45) is 1.60. The Morgan fingerprint density at radius 1 is 1.36 bits per heavy atom. The lowest BCUT2D eigenvalue weighted by atomic mass is 10.1. The van der Waals surface area contributed by atoms with E-state index in [1.165, 1.54) is 12.1 Å². The molecule has 70 valence electrons. The molecule has 0 amide bonds. The molecular weight excluding hydrogens is 184 g/mol. The highest BCUT2D eigenvalue weighted by atomic mass is 16.4. The van der Waals surface area contributed by atoms with Crippen LogP contribution in [0, 0.1) is 0 Å². The number of carboxylic acid groups (broad SMARTS) is 1. The normalized spacial score (nSPS) is 10.3. The van der Waals surface area contributed by atoms with Crippen molar-refractivity contribution in [2.75, 3.05) is 0 Å². The molecule has 0 radical (unpaired) electrons. The zero-order valence-corrected chi connectivity index (χ0v) is 7.02. The van der Waals surface area contributed by atoms with Crippen molar-refractivity contribution in [2.24, 2.45) is 0 Å². The number of carbonyl (C=O) groups excluding carboxylic acids is 1. The number of aliphatic carboxylic acids is 1. The minimum atomic E-state index is -1.45. The number of nitrogens with one attached hydrogen (secondary N) is 1. The molecule has 0 aliphatic carbocycles. The van der Waals surface area contributed by atoms with Gasteiger partial charge in [0.2, 0.25) is 0 Å². The van der Waals surface area contributed by atoms with E-state index in [1.54, 1.807) is 12.3 Å². The molecule has 0 fully saturated rings. The molecule has 0 aliphatic heterocycles. The Hall–Kier alpha value is -2.17. The third-order valence-electron chi connectivity index (χ3n) is 1.90. The summed E-state index contributed by atoms with van der Waals surface area (Å²) in [6, 6.07) is 4.59. The number of hydrogen-bond donors (Lipinski definition) is 2. The van der Waals surface area contributed by atoms with Crippen molar-refractivity contribution in [1.82, 2.24) is 10.2 Å². The van der Waals surface area contributed by atoms with Crippen molar-refractivity contribution in [3.63, 3.8) is 0 Å². The molecular formula is C9H6N2O3. The van der Waals surface area contributed by atoms with E-state index in [0.29, 0.717) is 5.52 Å². The lowest BCUT2D eigenvalue weighted by Gasteiger charge is -1.95. The lowest BCUT2D eigenvalue weighted by molar-refractivity contribution is -0.131. The Morgan fingerprint density at radius 3 is 2.86 bits per heavy atom. The van der Waals surface area contributed by atoms with Gasteiger partial charge in [0.25, 0.3) is 5.78 Å². The maximum Gasteiger partial charge on any atom is 0.377 e. The molecule has 2 N–H and O–H groups in total. The monoisotopic (exact) mass is 190 g/mol. The topological polar surface area (TPSA) is 83.0 Å². The first kappa shape index (κ1) is 8.43. The minimum absolute atomic E-state index is 0.147. The van der Waals surface area contributed by atoms with E-state index in [2.05, 4.69) is 10.2 Å². The molecule has 2 aromatic rings. The summed E-state index contributed by atoms with van der Waals surface area (Å²) in [5.74, 6) is -2.37. The second kappa shape index (κ2) is 2.95. The van der Waals surface area contributed by atoms with E-state index >= 15 is 0 Å². The van der Waals surface area contributed by atoms with Crippen LogP contribution in [0.3, 0.4) is 0 Å². The van der Waals surface area contributed by atoms with Crippen LogP contribution < -0.4 is 0 Å². The number of nitrogens with zero attached hydrogens (tertiary/aromatic N) is 1. The smallest absolute Gasteiger partial charge is 0.377 e. The largest absolute Gasteiger partial charge is 0.475 e. The molecule has 14 heavy (non-hydrogen) atoms. The standard InChI is InChI=1S/C9H6N2O3/c12-8(9(13)14)5-1-2-6-4-10-11-7(6)3-5/h1-4H,(H,10,11)(H,13,14). The number of ketones is 1. The van der Waals surface area contributed by atoms with Crippen LogP contribution in [0.25, 0.3) is 10.9 Å². The van der Waals surface area contributed by atoms with Gasteiger partial charge in [-0.15, -0.1) is 0 Å². The maximum atomic E-state index is 11.1. The highest BCUT2D eigenvalue weighted by Gasteiger charge is 2.14. The number of aromatic amines is 1. The predicted molar refractivity (Wildman–Crippen MR) is 48.1 cm³/mol. The summed E-state index contributed by atoms with van der Waals surface area (Å²) in [7, 11) is 0. The van der Waals surface area contributed by atoms with Crippen LogP contribution in [-0.2, 0) is 4.79 Å². The first-order valence-corrected chi connectivity index (χ1v) is 3.89. The number of rotatable bonds is 2. The summed E-state index contributed by atoms with van der Waals surface area (Å²) < 4.78 is 0. The fourth-order valence-electron chi connectivity index (χ4n) is 1.20. The predicted octanol–water partition coefficient (Wildman–Crippen LogP) is 0.830. The van der Waals surface area contributed by atoms with Crippen LogP contribution in [0.4, 0.5) is 0 Å². The number of benzene rings is 1. The molecule has 0 saturated carbocycles. The highest BCUT2D eigenvalue weighted by Crippen LogP contribution is 2.12. The molecule has 0 atom stereocenters. The van der Waals surface area contributed by atoms with Gasteiger partial charge in [0.05, 0.1) is 11.7 Å². The number of hydrogen-bond acceptors (Lipinski definition) is 3. The van der Waals surface area contributed by atoms with E-state index in [-0.39, 0.29) is 5.56 Å². The molecule has 0 bridgehead atoms. The van der Waals surface area contributed by atoms with Crippen molar-refractivity contribution in [1.29, 1.82) is 0 Å². The Morgan fingerprint density at radius 2 is 2.14 bits per heavy atom. The molecule has 0 unspecified atom stereocenters. The zero-order chi connectivity index (χ0) is 10.1. The van der Waals surface area contributed by atoms with E-state index in [4.69, 9.17) is 5.11 Å². The summed E-state index contributed by atoms with van der Waals surface area (Å²) in [5.41, 5.74) is 0.798. The second-order valence-corrected chi connectivity index (χ2v) is 2.81. The number of Topliss-reactive ketones (excluding diaryl/α,β-unsaturated/α-hetero) is 1. The van der Waals surface area contributed by atoms with Gasteiger partial charge < -0.3 is 5.11 Å². The van der Waals surface area contributed by atoms with Gasteiger partial charge >= 0.3 is 5.97 Å². The van der Waals surface area contributed by atoms with Gasteiger partial charge in [-0.25, -0.2) is 4.79 Å². The fraction of sp³-hybridized carbons (Fsp3) is 0. The van der Waals surface area contributed by atoms with E-state index in [0.717, 1.165) is 5.39 Å². The third-order valence-corrected chi connectivity index (χ3v) is 1.90. The SMILES string of the molecule is O=C(O)C(=O)c1ccc2cn[nH]c2c1. The van der Waals surface area contributed by atoms with Crippen LogP contribution in [0.2, 0.25) is 0 Å². The summed E-state index contributed by atoms with van der Waals surface area (Å²) in [4.78, 5) is 21.5. The van der Waals surface area contributed by atoms with Gasteiger partial charge in [0, 0.05) is 10.9 Å². The number of aromatic nitrogens is 2. The maximum absolute atomic E-state index is 11.1.